The van der Waals surface area contributed by atoms with Gasteiger partial charge in [-0.15, -0.1) is 22.7 Å². The van der Waals surface area contributed by atoms with E-state index in [0.717, 1.165) is 10.4 Å². The number of esters is 1. The van der Waals surface area contributed by atoms with Crippen molar-refractivity contribution in [3.8, 4) is 16.2 Å². The van der Waals surface area contributed by atoms with Crippen molar-refractivity contribution in [2.75, 3.05) is 11.8 Å². The first-order valence-corrected chi connectivity index (χ1v) is 14.9. The molecule has 2 aromatic carbocycles. The molecule has 3 heterocycles. The van der Waals surface area contributed by atoms with E-state index in [2.05, 4.69) is 14.7 Å². The number of aromatic nitrogens is 2. The summed E-state index contributed by atoms with van der Waals surface area (Å²) >= 11 is 2.87. The lowest BCUT2D eigenvalue weighted by molar-refractivity contribution is 0.0319. The van der Waals surface area contributed by atoms with E-state index in [1.807, 2.05) is 22.9 Å². The Kier molecular flexibility index (Phi) is 7.25. The zero-order valence-corrected chi connectivity index (χ0v) is 23.5. The average Bonchev–Trinajstić information content (AvgIpc) is 3.59. The number of benzene rings is 2. The number of methoxy groups -OCH3 is 1. The van der Waals surface area contributed by atoms with Crippen LogP contribution < -0.4 is 15.0 Å². The first-order valence-electron chi connectivity index (χ1n) is 11.7. The molecule has 1 atom stereocenters. The molecule has 0 aliphatic rings. The topological polar surface area (TPSA) is 127 Å². The number of carbonyl (C=O) groups excluding carboxylic acids is 1. The van der Waals surface area contributed by atoms with E-state index in [9.17, 15) is 18.0 Å². The van der Waals surface area contributed by atoms with Crippen LogP contribution in [0.4, 0.5) is 5.69 Å². The van der Waals surface area contributed by atoms with Crippen LogP contribution in [0.25, 0.3) is 20.7 Å². The van der Waals surface area contributed by atoms with Crippen molar-refractivity contribution < 1.29 is 22.7 Å². The van der Waals surface area contributed by atoms with Gasteiger partial charge in [-0.05, 0) is 67.3 Å². The maximum atomic E-state index is 13.1. The second-order valence-electron chi connectivity index (χ2n) is 8.62. The third kappa shape index (κ3) is 5.44. The second kappa shape index (κ2) is 10.6. The Labute approximate surface area is 232 Å². The molecule has 5 rings (SSSR count). The van der Waals surface area contributed by atoms with Crippen LogP contribution in [0.1, 0.15) is 34.8 Å². The Morgan fingerprint density at radius 1 is 1.10 bits per heavy atom. The van der Waals surface area contributed by atoms with E-state index in [4.69, 9.17) is 9.47 Å². The first kappa shape index (κ1) is 26.6. The summed E-state index contributed by atoms with van der Waals surface area (Å²) in [7, 11) is -2.47. The predicted molar refractivity (Wildman–Crippen MR) is 152 cm³/mol. The predicted octanol–water partition coefficient (Wildman–Crippen LogP) is 5.75. The fourth-order valence-corrected chi connectivity index (χ4v) is 6.77. The number of thiophene rings is 2. The summed E-state index contributed by atoms with van der Waals surface area (Å²) in [5.41, 5.74) is 1.45. The minimum atomic E-state index is -3.99. The summed E-state index contributed by atoms with van der Waals surface area (Å²) in [4.78, 5) is 34.7. The molecule has 0 radical (unpaired) electrons. The molecule has 2 N–H and O–H groups in total. The van der Waals surface area contributed by atoms with Gasteiger partial charge in [0.25, 0.3) is 15.6 Å². The molecule has 0 aliphatic heterocycles. The zero-order chi connectivity index (χ0) is 27.7. The smallest absolute Gasteiger partial charge is 0.339 e. The van der Waals surface area contributed by atoms with Gasteiger partial charge in [0.05, 0.1) is 23.0 Å². The number of H-pyrrole nitrogens is 1. The van der Waals surface area contributed by atoms with E-state index in [1.54, 1.807) is 38.1 Å². The summed E-state index contributed by atoms with van der Waals surface area (Å²) in [6, 6.07) is 14.5. The molecule has 5 aromatic rings. The number of aryl methyl sites for hydroxylation is 1. The quantitative estimate of drug-likeness (QED) is 0.223. The molecular formula is C27H23N3O6S3. The number of ether oxygens (including phenoxy) is 2. The van der Waals surface area contributed by atoms with E-state index in [0.29, 0.717) is 27.2 Å². The highest BCUT2D eigenvalue weighted by atomic mass is 32.2. The van der Waals surface area contributed by atoms with Crippen LogP contribution in [0.15, 0.2) is 75.0 Å². The molecule has 39 heavy (non-hydrogen) atoms. The number of sulfonamides is 1. The van der Waals surface area contributed by atoms with Crippen LogP contribution in [0.3, 0.4) is 0 Å². The third-order valence-corrected chi connectivity index (χ3v) is 9.15. The minimum absolute atomic E-state index is 0.0824. The fraction of sp³-hybridized carbons (Fsp3) is 0.148. The molecule has 0 aliphatic carbocycles. The van der Waals surface area contributed by atoms with Gasteiger partial charge in [-0.3, -0.25) is 9.52 Å². The number of anilines is 1. The van der Waals surface area contributed by atoms with E-state index in [1.165, 1.54) is 48.0 Å². The van der Waals surface area contributed by atoms with Crippen molar-refractivity contribution in [3.63, 3.8) is 0 Å². The molecule has 9 nitrogen and oxygen atoms in total. The number of aromatic amines is 1. The van der Waals surface area contributed by atoms with Gasteiger partial charge in [0.1, 0.15) is 10.6 Å². The molecule has 0 fully saturated rings. The van der Waals surface area contributed by atoms with Gasteiger partial charge < -0.3 is 14.5 Å². The van der Waals surface area contributed by atoms with Crippen LogP contribution in [-0.4, -0.2) is 31.5 Å². The van der Waals surface area contributed by atoms with Gasteiger partial charge in [0, 0.05) is 21.5 Å². The number of fused-ring (bicyclic) bond motifs is 1. The Hall–Kier alpha value is -4.00. The average molecular weight is 582 g/mol. The van der Waals surface area contributed by atoms with Crippen molar-refractivity contribution in [2.24, 2.45) is 0 Å². The Morgan fingerprint density at radius 2 is 1.87 bits per heavy atom. The number of hydrogen-bond donors (Lipinski definition) is 2. The maximum absolute atomic E-state index is 13.1. The van der Waals surface area contributed by atoms with Gasteiger partial charge in [0.2, 0.25) is 0 Å². The third-order valence-electron chi connectivity index (χ3n) is 6.00. The number of nitrogens with zero attached hydrogens (tertiary/aromatic N) is 1. The standard InChI is InChI=1S/C27H23N3O6S3/c1-15-6-11-19(39(33,34)30-17-7-9-18(35-3)10-8-17)13-20(15)27(32)36-16(2)24-28-25(31)23-21(14-38-26(23)29-24)22-5-4-12-37-22/h4-14,16,30H,1-3H3,(H,28,29,31)/t16-/m1/s1. The Balaban J connectivity index is 1.37. The molecule has 0 amide bonds. The van der Waals surface area contributed by atoms with Crippen LogP contribution in [-0.2, 0) is 14.8 Å². The minimum Gasteiger partial charge on any atom is -0.497 e. The molecule has 12 heteroatoms. The Morgan fingerprint density at radius 3 is 2.56 bits per heavy atom. The largest absolute Gasteiger partial charge is 0.497 e. The van der Waals surface area contributed by atoms with Gasteiger partial charge in [0.15, 0.2) is 11.9 Å². The second-order valence-corrected chi connectivity index (χ2v) is 12.1. The van der Waals surface area contributed by atoms with Gasteiger partial charge >= 0.3 is 5.97 Å². The van der Waals surface area contributed by atoms with E-state index < -0.39 is 22.1 Å². The SMILES string of the molecule is COc1ccc(NS(=O)(=O)c2ccc(C)c(C(=O)O[C@H](C)c3nc4scc(-c5cccs5)c4c(=O)[nH]3)c2)cc1. The molecular weight excluding hydrogens is 559 g/mol. The molecule has 0 saturated carbocycles. The fourth-order valence-electron chi connectivity index (χ4n) is 3.91. The number of rotatable bonds is 8. The van der Waals surface area contributed by atoms with Gasteiger partial charge in [-0.1, -0.05) is 12.1 Å². The molecule has 0 bridgehead atoms. The number of hydrogen-bond acceptors (Lipinski definition) is 9. The zero-order valence-electron chi connectivity index (χ0n) is 21.0. The number of carbonyl (C=O) groups is 1. The highest BCUT2D eigenvalue weighted by molar-refractivity contribution is 7.92. The lowest BCUT2D eigenvalue weighted by Crippen LogP contribution is -2.18. The lowest BCUT2D eigenvalue weighted by Gasteiger charge is -2.15. The van der Waals surface area contributed by atoms with Gasteiger partial charge in [-0.25, -0.2) is 18.2 Å². The normalized spacial score (nSPS) is 12.3. The molecule has 3 aromatic heterocycles. The molecule has 0 saturated heterocycles. The molecule has 0 spiro atoms. The van der Waals surface area contributed by atoms with Crippen molar-refractivity contribution in [2.45, 2.75) is 24.8 Å². The summed E-state index contributed by atoms with van der Waals surface area (Å²) in [6.07, 6.45) is -0.890. The summed E-state index contributed by atoms with van der Waals surface area (Å²) in [5, 5.41) is 4.31. The molecule has 0 unspecified atom stereocenters. The summed E-state index contributed by atoms with van der Waals surface area (Å²) in [5.74, 6) is 0.0437. The summed E-state index contributed by atoms with van der Waals surface area (Å²) in [6.45, 7) is 3.27. The van der Waals surface area contributed by atoms with Crippen molar-refractivity contribution >= 4 is 54.6 Å². The van der Waals surface area contributed by atoms with Crippen LogP contribution in [0.2, 0.25) is 0 Å². The first-order chi connectivity index (χ1) is 18.7. The molecule has 200 valence electrons. The van der Waals surface area contributed by atoms with Gasteiger partial charge in [-0.2, -0.15) is 0 Å². The monoisotopic (exact) mass is 581 g/mol. The van der Waals surface area contributed by atoms with Crippen LogP contribution in [0, 0.1) is 6.92 Å². The highest BCUT2D eigenvalue weighted by Crippen LogP contribution is 2.34. The van der Waals surface area contributed by atoms with Crippen molar-refractivity contribution in [1.82, 2.24) is 9.97 Å². The van der Waals surface area contributed by atoms with Crippen molar-refractivity contribution in [1.29, 1.82) is 0 Å². The van der Waals surface area contributed by atoms with Crippen LogP contribution in [0.5, 0.6) is 5.75 Å². The van der Waals surface area contributed by atoms with E-state index >= 15 is 0 Å². The van der Waals surface area contributed by atoms with Crippen molar-refractivity contribution in [3.05, 3.63) is 92.7 Å². The van der Waals surface area contributed by atoms with E-state index in [-0.39, 0.29) is 21.8 Å². The lowest BCUT2D eigenvalue weighted by atomic mass is 10.1. The summed E-state index contributed by atoms with van der Waals surface area (Å²) < 4.78 is 39.2. The maximum Gasteiger partial charge on any atom is 0.339 e. The Bertz CT molecular complexity index is 1830. The van der Waals surface area contributed by atoms with Crippen LogP contribution >= 0.6 is 22.7 Å². The number of nitrogens with one attached hydrogen (secondary N) is 2. The highest BCUT2D eigenvalue weighted by Gasteiger charge is 2.23.